The number of ether oxygens (including phenoxy) is 1. The molecule has 0 amide bonds. The minimum atomic E-state index is 0.141. The van der Waals surface area contributed by atoms with E-state index in [2.05, 4.69) is 36.6 Å². The number of benzene rings is 1. The van der Waals surface area contributed by atoms with Gasteiger partial charge in [0, 0.05) is 5.56 Å². The zero-order chi connectivity index (χ0) is 12.7. The van der Waals surface area contributed by atoms with E-state index < -0.39 is 0 Å². The summed E-state index contributed by atoms with van der Waals surface area (Å²) in [6.07, 6.45) is 1.63. The van der Waals surface area contributed by atoms with Gasteiger partial charge in [0.15, 0.2) is 5.11 Å². The molecule has 0 aromatic heterocycles. The summed E-state index contributed by atoms with van der Waals surface area (Å²) in [5.41, 5.74) is 8.66. The number of nitrogens with zero attached hydrogens (tertiary/aromatic N) is 1. The van der Waals surface area contributed by atoms with E-state index in [1.807, 2.05) is 24.3 Å². The van der Waals surface area contributed by atoms with Crippen molar-refractivity contribution in [3.8, 4) is 5.75 Å². The SMILES string of the molecule is CC(C)COc1ccccc1C=NNC(N)=S. The number of nitrogens with two attached hydrogens (primary N) is 1. The maximum absolute atomic E-state index is 5.67. The lowest BCUT2D eigenvalue weighted by atomic mass is 10.2. The van der Waals surface area contributed by atoms with E-state index in [4.69, 9.17) is 10.5 Å². The minimum absolute atomic E-state index is 0.141. The standard InChI is InChI=1S/C12H17N3OS/c1-9(2)8-16-11-6-4-3-5-10(11)7-14-15-12(13)17/h3-7,9H,8H2,1-2H3,(H3,13,15,17). The van der Waals surface area contributed by atoms with Crippen LogP contribution in [0, 0.1) is 5.92 Å². The molecule has 92 valence electrons. The van der Waals surface area contributed by atoms with Gasteiger partial charge in [-0.25, -0.2) is 0 Å². The molecule has 0 radical (unpaired) electrons. The molecule has 1 aromatic rings. The molecule has 0 aliphatic carbocycles. The van der Waals surface area contributed by atoms with Gasteiger partial charge in [-0.05, 0) is 30.3 Å². The Balaban J connectivity index is 2.70. The van der Waals surface area contributed by atoms with Crippen LogP contribution in [0.25, 0.3) is 0 Å². The van der Waals surface area contributed by atoms with Gasteiger partial charge in [0.2, 0.25) is 0 Å². The molecule has 0 unspecified atom stereocenters. The highest BCUT2D eigenvalue weighted by Crippen LogP contribution is 2.16. The second kappa shape index (κ2) is 6.85. The van der Waals surface area contributed by atoms with Crippen molar-refractivity contribution < 1.29 is 4.74 Å². The summed E-state index contributed by atoms with van der Waals surface area (Å²) in [5, 5.41) is 4.05. The first-order chi connectivity index (χ1) is 8.09. The highest BCUT2D eigenvalue weighted by Gasteiger charge is 2.01. The maximum atomic E-state index is 5.67. The largest absolute Gasteiger partial charge is 0.493 e. The van der Waals surface area contributed by atoms with E-state index >= 15 is 0 Å². The summed E-state index contributed by atoms with van der Waals surface area (Å²) in [4.78, 5) is 0. The van der Waals surface area contributed by atoms with Gasteiger partial charge in [-0.15, -0.1) is 0 Å². The molecule has 0 atom stereocenters. The van der Waals surface area contributed by atoms with Gasteiger partial charge in [-0.3, -0.25) is 5.43 Å². The number of nitrogens with one attached hydrogen (secondary N) is 1. The van der Waals surface area contributed by atoms with Gasteiger partial charge in [-0.2, -0.15) is 5.10 Å². The molecule has 0 spiro atoms. The fourth-order valence-electron chi connectivity index (χ4n) is 1.14. The fraction of sp³-hybridized carbons (Fsp3) is 0.333. The van der Waals surface area contributed by atoms with Crippen molar-refractivity contribution in [2.45, 2.75) is 13.8 Å². The quantitative estimate of drug-likeness (QED) is 0.476. The molecule has 0 heterocycles. The zero-order valence-corrected chi connectivity index (χ0v) is 10.8. The van der Waals surface area contributed by atoms with Crippen molar-refractivity contribution in [2.24, 2.45) is 16.8 Å². The van der Waals surface area contributed by atoms with Gasteiger partial charge in [0.25, 0.3) is 0 Å². The number of rotatable bonds is 5. The van der Waals surface area contributed by atoms with Gasteiger partial charge < -0.3 is 10.5 Å². The van der Waals surface area contributed by atoms with E-state index in [-0.39, 0.29) is 5.11 Å². The van der Waals surface area contributed by atoms with Crippen LogP contribution in [-0.4, -0.2) is 17.9 Å². The summed E-state index contributed by atoms with van der Waals surface area (Å²) in [5.74, 6) is 1.28. The normalized spacial score (nSPS) is 10.8. The summed E-state index contributed by atoms with van der Waals surface area (Å²) < 4.78 is 5.67. The number of thiocarbonyl (C=S) groups is 1. The summed E-state index contributed by atoms with van der Waals surface area (Å²) in [6.45, 7) is 4.88. The monoisotopic (exact) mass is 251 g/mol. The second-order valence-corrected chi connectivity index (χ2v) is 4.42. The Morgan fingerprint density at radius 2 is 2.24 bits per heavy atom. The van der Waals surface area contributed by atoms with Crippen molar-refractivity contribution in [3.05, 3.63) is 29.8 Å². The summed E-state index contributed by atoms with van der Waals surface area (Å²) in [7, 11) is 0. The molecule has 3 N–H and O–H groups in total. The third-order valence-corrected chi connectivity index (χ3v) is 1.96. The Labute approximate surface area is 107 Å². The lowest BCUT2D eigenvalue weighted by molar-refractivity contribution is 0.270. The Bertz CT molecular complexity index is 404. The molecule has 0 aliphatic rings. The van der Waals surface area contributed by atoms with Crippen LogP contribution in [0.5, 0.6) is 5.75 Å². The van der Waals surface area contributed by atoms with E-state index in [9.17, 15) is 0 Å². The van der Waals surface area contributed by atoms with Gasteiger partial charge in [-0.1, -0.05) is 26.0 Å². The van der Waals surface area contributed by atoms with E-state index in [1.54, 1.807) is 6.21 Å². The first-order valence-corrected chi connectivity index (χ1v) is 5.80. The number of hydrogen-bond donors (Lipinski definition) is 2. The van der Waals surface area contributed by atoms with Crippen LogP contribution in [0.3, 0.4) is 0 Å². The van der Waals surface area contributed by atoms with Crippen LogP contribution in [0.2, 0.25) is 0 Å². The topological polar surface area (TPSA) is 59.6 Å². The van der Waals surface area contributed by atoms with E-state index in [0.717, 1.165) is 11.3 Å². The van der Waals surface area contributed by atoms with E-state index in [1.165, 1.54) is 0 Å². The molecule has 0 bridgehead atoms. The van der Waals surface area contributed by atoms with Crippen LogP contribution in [0.1, 0.15) is 19.4 Å². The van der Waals surface area contributed by atoms with Crippen LogP contribution in [0.15, 0.2) is 29.4 Å². The maximum Gasteiger partial charge on any atom is 0.184 e. The smallest absolute Gasteiger partial charge is 0.184 e. The average Bonchev–Trinajstić information content (AvgIpc) is 2.27. The van der Waals surface area contributed by atoms with Crippen LogP contribution in [-0.2, 0) is 0 Å². The number of para-hydroxylation sites is 1. The van der Waals surface area contributed by atoms with Crippen molar-refractivity contribution >= 4 is 23.5 Å². The van der Waals surface area contributed by atoms with Crippen molar-refractivity contribution in [3.63, 3.8) is 0 Å². The van der Waals surface area contributed by atoms with Crippen LogP contribution in [0.4, 0.5) is 0 Å². The Hall–Kier alpha value is -1.62. The molecular formula is C12H17N3OS. The van der Waals surface area contributed by atoms with Crippen molar-refractivity contribution in [1.82, 2.24) is 5.43 Å². The Morgan fingerprint density at radius 1 is 1.53 bits per heavy atom. The first-order valence-electron chi connectivity index (χ1n) is 5.40. The average molecular weight is 251 g/mol. The van der Waals surface area contributed by atoms with Crippen LogP contribution >= 0.6 is 12.2 Å². The lowest BCUT2D eigenvalue weighted by Crippen LogP contribution is -2.24. The first kappa shape index (κ1) is 13.4. The number of hydrazone groups is 1. The van der Waals surface area contributed by atoms with Crippen molar-refractivity contribution in [2.75, 3.05) is 6.61 Å². The molecule has 0 saturated carbocycles. The highest BCUT2D eigenvalue weighted by atomic mass is 32.1. The second-order valence-electron chi connectivity index (χ2n) is 3.98. The van der Waals surface area contributed by atoms with Gasteiger partial charge in [0.1, 0.15) is 5.75 Å². The molecule has 1 aromatic carbocycles. The third kappa shape index (κ3) is 5.31. The molecule has 0 aliphatic heterocycles. The minimum Gasteiger partial charge on any atom is -0.493 e. The lowest BCUT2D eigenvalue weighted by Gasteiger charge is -2.10. The summed E-state index contributed by atoms with van der Waals surface area (Å²) in [6, 6.07) is 7.67. The predicted octanol–water partition coefficient (Wildman–Crippen LogP) is 1.89. The zero-order valence-electron chi connectivity index (χ0n) is 10.0. The number of hydrogen-bond acceptors (Lipinski definition) is 3. The fourth-order valence-corrected chi connectivity index (χ4v) is 1.19. The third-order valence-electron chi connectivity index (χ3n) is 1.87. The molecular weight excluding hydrogens is 234 g/mol. The van der Waals surface area contributed by atoms with E-state index in [0.29, 0.717) is 12.5 Å². The van der Waals surface area contributed by atoms with Crippen LogP contribution < -0.4 is 15.9 Å². The molecule has 17 heavy (non-hydrogen) atoms. The summed E-state index contributed by atoms with van der Waals surface area (Å²) >= 11 is 4.65. The predicted molar refractivity (Wildman–Crippen MR) is 74.3 cm³/mol. The van der Waals surface area contributed by atoms with Gasteiger partial charge in [0.05, 0.1) is 12.8 Å². The molecule has 4 nitrogen and oxygen atoms in total. The Kier molecular flexibility index (Phi) is 5.42. The molecule has 0 fully saturated rings. The Morgan fingerprint density at radius 3 is 2.88 bits per heavy atom. The van der Waals surface area contributed by atoms with Crippen molar-refractivity contribution in [1.29, 1.82) is 0 Å². The molecule has 0 saturated heterocycles. The molecule has 5 heteroatoms. The highest BCUT2D eigenvalue weighted by molar-refractivity contribution is 7.80. The molecule has 1 rings (SSSR count). The van der Waals surface area contributed by atoms with Gasteiger partial charge >= 0.3 is 0 Å².